The lowest BCUT2D eigenvalue weighted by atomic mass is 10.1. The number of ether oxygens (including phenoxy) is 2. The lowest BCUT2D eigenvalue weighted by Gasteiger charge is -2.11. The molecule has 0 aromatic carbocycles. The molecule has 0 spiro atoms. The Labute approximate surface area is 82.0 Å². The molecular weight excluding hydrogens is 190 g/mol. The van der Waals surface area contributed by atoms with Crippen LogP contribution in [-0.4, -0.2) is 43.9 Å². The molecular formula is C8H15NO5. The topological polar surface area (TPSA) is 98.9 Å². The highest BCUT2D eigenvalue weighted by Gasteiger charge is 2.18. The van der Waals surface area contributed by atoms with Crippen molar-refractivity contribution < 1.29 is 24.2 Å². The predicted molar refractivity (Wildman–Crippen MR) is 47.2 cm³/mol. The molecule has 0 heterocycles. The fourth-order valence-corrected chi connectivity index (χ4v) is 0.795. The van der Waals surface area contributed by atoms with Gasteiger partial charge in [0.05, 0.1) is 13.0 Å². The van der Waals surface area contributed by atoms with Crippen LogP contribution in [0.25, 0.3) is 0 Å². The van der Waals surface area contributed by atoms with Gasteiger partial charge in [-0.2, -0.15) is 0 Å². The van der Waals surface area contributed by atoms with Gasteiger partial charge in [-0.05, 0) is 6.42 Å². The molecule has 0 aliphatic heterocycles. The summed E-state index contributed by atoms with van der Waals surface area (Å²) in [5.74, 6) is -1.78. The minimum atomic E-state index is -0.627. The molecule has 0 fully saturated rings. The second kappa shape index (κ2) is 7.28. The van der Waals surface area contributed by atoms with Crippen LogP contribution in [0.1, 0.15) is 6.42 Å². The minimum Gasteiger partial charge on any atom is -0.466 e. The predicted octanol–water partition coefficient (Wildman–Crippen LogP) is -1.34. The molecule has 14 heavy (non-hydrogen) atoms. The normalized spacial score (nSPS) is 11.9. The third-order valence-corrected chi connectivity index (χ3v) is 1.66. The largest absolute Gasteiger partial charge is 0.466 e. The number of methoxy groups -OCH3 is 1. The molecule has 1 unspecified atom stereocenters. The van der Waals surface area contributed by atoms with E-state index in [1.807, 2.05) is 0 Å². The second-order valence-corrected chi connectivity index (χ2v) is 2.63. The summed E-state index contributed by atoms with van der Waals surface area (Å²) in [5.41, 5.74) is 5.27. The Bertz CT molecular complexity index is 194. The van der Waals surface area contributed by atoms with Crippen molar-refractivity contribution in [1.82, 2.24) is 0 Å². The molecule has 6 nitrogen and oxygen atoms in total. The van der Waals surface area contributed by atoms with Gasteiger partial charge < -0.3 is 20.3 Å². The first-order valence-electron chi connectivity index (χ1n) is 4.20. The number of carbonyl (C=O) groups is 2. The molecule has 0 rings (SSSR count). The lowest BCUT2D eigenvalue weighted by Crippen LogP contribution is -2.28. The summed E-state index contributed by atoms with van der Waals surface area (Å²) in [7, 11) is 1.20. The molecule has 0 saturated heterocycles. The summed E-state index contributed by atoms with van der Waals surface area (Å²) in [6, 6.07) is 0. The van der Waals surface area contributed by atoms with Gasteiger partial charge in [-0.15, -0.1) is 0 Å². The number of carbonyl (C=O) groups excluding carboxylic acids is 2. The maximum Gasteiger partial charge on any atom is 0.344 e. The average Bonchev–Trinajstić information content (AvgIpc) is 2.21. The van der Waals surface area contributed by atoms with Crippen LogP contribution in [0.3, 0.4) is 0 Å². The van der Waals surface area contributed by atoms with Crippen molar-refractivity contribution in [1.29, 1.82) is 0 Å². The monoisotopic (exact) mass is 205 g/mol. The Kier molecular flexibility index (Phi) is 6.69. The van der Waals surface area contributed by atoms with Crippen molar-refractivity contribution in [2.75, 3.05) is 26.9 Å². The number of aliphatic hydroxyl groups excluding tert-OH is 1. The van der Waals surface area contributed by atoms with Crippen molar-refractivity contribution >= 4 is 11.9 Å². The van der Waals surface area contributed by atoms with Gasteiger partial charge in [0.2, 0.25) is 0 Å². The van der Waals surface area contributed by atoms with E-state index in [1.54, 1.807) is 0 Å². The van der Waals surface area contributed by atoms with Crippen molar-refractivity contribution in [3.05, 3.63) is 0 Å². The van der Waals surface area contributed by atoms with Crippen LogP contribution in [0.15, 0.2) is 0 Å². The van der Waals surface area contributed by atoms with Gasteiger partial charge in [0.1, 0.15) is 0 Å². The standard InChI is InChI=1S/C8H15NO5/c1-13-7(11)5-14-8(12)6(4-9)2-3-10/h6,10H,2-5,9H2,1H3. The summed E-state index contributed by atoms with van der Waals surface area (Å²) >= 11 is 0. The van der Waals surface area contributed by atoms with Gasteiger partial charge in [-0.1, -0.05) is 0 Å². The molecule has 6 heteroatoms. The van der Waals surface area contributed by atoms with Crippen molar-refractivity contribution in [3.8, 4) is 0 Å². The van der Waals surface area contributed by atoms with Crippen LogP contribution >= 0.6 is 0 Å². The number of hydrogen-bond donors (Lipinski definition) is 2. The second-order valence-electron chi connectivity index (χ2n) is 2.63. The molecule has 0 aromatic rings. The van der Waals surface area contributed by atoms with Crippen LogP contribution in [0.5, 0.6) is 0 Å². The van der Waals surface area contributed by atoms with Gasteiger partial charge in [0, 0.05) is 13.2 Å². The summed E-state index contributed by atoms with van der Waals surface area (Å²) in [6.45, 7) is -0.479. The SMILES string of the molecule is COC(=O)COC(=O)C(CN)CCO. The molecule has 0 amide bonds. The third kappa shape index (κ3) is 4.78. The average molecular weight is 205 g/mol. The molecule has 0 radical (unpaired) electrons. The fourth-order valence-electron chi connectivity index (χ4n) is 0.795. The highest BCUT2D eigenvalue weighted by molar-refractivity contribution is 5.77. The first kappa shape index (κ1) is 12.9. The van der Waals surface area contributed by atoms with Crippen LogP contribution in [0, 0.1) is 5.92 Å². The molecule has 0 aliphatic rings. The molecule has 1 atom stereocenters. The first-order chi connectivity index (χ1) is 6.65. The maximum absolute atomic E-state index is 11.2. The quantitative estimate of drug-likeness (QED) is 0.521. The highest BCUT2D eigenvalue weighted by Crippen LogP contribution is 2.02. The van der Waals surface area contributed by atoms with Crippen molar-refractivity contribution in [2.24, 2.45) is 11.7 Å². The zero-order valence-electron chi connectivity index (χ0n) is 8.06. The molecule has 0 saturated carbocycles. The summed E-state index contributed by atoms with van der Waals surface area (Å²) in [5, 5.41) is 8.59. The Morgan fingerprint density at radius 1 is 1.50 bits per heavy atom. The number of aliphatic hydroxyl groups is 1. The number of hydrogen-bond acceptors (Lipinski definition) is 6. The van der Waals surface area contributed by atoms with E-state index in [2.05, 4.69) is 9.47 Å². The van der Waals surface area contributed by atoms with Crippen LogP contribution in [0.2, 0.25) is 0 Å². The van der Waals surface area contributed by atoms with Crippen LogP contribution in [-0.2, 0) is 19.1 Å². The number of rotatable bonds is 6. The Balaban J connectivity index is 3.86. The van der Waals surface area contributed by atoms with E-state index < -0.39 is 24.5 Å². The fraction of sp³-hybridized carbons (Fsp3) is 0.750. The van der Waals surface area contributed by atoms with Gasteiger partial charge in [0.25, 0.3) is 0 Å². The Morgan fingerprint density at radius 3 is 2.57 bits per heavy atom. The minimum absolute atomic E-state index is 0.0839. The summed E-state index contributed by atoms with van der Waals surface area (Å²) in [6.07, 6.45) is 0.233. The van der Waals surface area contributed by atoms with Gasteiger partial charge in [-0.25, -0.2) is 4.79 Å². The van der Waals surface area contributed by atoms with Gasteiger partial charge >= 0.3 is 11.9 Å². The molecule has 3 N–H and O–H groups in total. The van der Waals surface area contributed by atoms with E-state index in [0.29, 0.717) is 0 Å². The molecule has 0 aliphatic carbocycles. The summed E-state index contributed by atoms with van der Waals surface area (Å²) < 4.78 is 8.87. The zero-order chi connectivity index (χ0) is 11.0. The highest BCUT2D eigenvalue weighted by atomic mass is 16.6. The van der Waals surface area contributed by atoms with E-state index in [4.69, 9.17) is 10.8 Å². The van der Waals surface area contributed by atoms with Crippen molar-refractivity contribution in [2.45, 2.75) is 6.42 Å². The number of esters is 2. The van der Waals surface area contributed by atoms with E-state index in [1.165, 1.54) is 7.11 Å². The first-order valence-corrected chi connectivity index (χ1v) is 4.20. The summed E-state index contributed by atoms with van der Waals surface area (Å²) in [4.78, 5) is 21.8. The Morgan fingerprint density at radius 2 is 2.14 bits per heavy atom. The maximum atomic E-state index is 11.2. The van der Waals surface area contributed by atoms with E-state index in [-0.39, 0.29) is 19.6 Å². The van der Waals surface area contributed by atoms with Gasteiger partial charge in [0.15, 0.2) is 6.61 Å². The third-order valence-electron chi connectivity index (χ3n) is 1.66. The Hall–Kier alpha value is -1.14. The van der Waals surface area contributed by atoms with Crippen LogP contribution in [0.4, 0.5) is 0 Å². The van der Waals surface area contributed by atoms with E-state index >= 15 is 0 Å². The van der Waals surface area contributed by atoms with E-state index in [9.17, 15) is 9.59 Å². The molecule has 0 bridgehead atoms. The molecule has 82 valence electrons. The van der Waals surface area contributed by atoms with E-state index in [0.717, 1.165) is 0 Å². The lowest BCUT2D eigenvalue weighted by molar-refractivity contribution is -0.159. The molecule has 0 aromatic heterocycles. The van der Waals surface area contributed by atoms with Gasteiger partial charge in [-0.3, -0.25) is 4.79 Å². The zero-order valence-corrected chi connectivity index (χ0v) is 8.06. The van der Waals surface area contributed by atoms with Crippen molar-refractivity contribution in [3.63, 3.8) is 0 Å². The number of nitrogens with two attached hydrogens (primary N) is 1. The smallest absolute Gasteiger partial charge is 0.344 e. The van der Waals surface area contributed by atoms with Crippen LogP contribution < -0.4 is 5.73 Å².